The van der Waals surface area contributed by atoms with Crippen molar-refractivity contribution >= 4 is 0 Å². The largest absolute Gasteiger partial charge is 0.508 e. The van der Waals surface area contributed by atoms with Gasteiger partial charge < -0.3 is 19.9 Å². The first kappa shape index (κ1) is 20.7. The van der Waals surface area contributed by atoms with Gasteiger partial charge in [0.15, 0.2) is 0 Å². The smallest absolute Gasteiger partial charge is 0.116 e. The molecule has 0 aliphatic heterocycles. The SMILES string of the molecule is CO/C(C)=C/C(CC(CN=O)NCc1cc(C)cc(O)c1)=C(\C)OC. The lowest BCUT2D eigenvalue weighted by atomic mass is 10.0. The van der Waals surface area contributed by atoms with E-state index in [2.05, 4.69) is 10.5 Å². The van der Waals surface area contributed by atoms with Crippen molar-refractivity contribution in [1.82, 2.24) is 5.32 Å². The molecule has 6 nitrogen and oxygen atoms in total. The Kier molecular flexibility index (Phi) is 8.70. The highest BCUT2D eigenvalue weighted by atomic mass is 16.5. The summed E-state index contributed by atoms with van der Waals surface area (Å²) in [7, 11) is 3.22. The van der Waals surface area contributed by atoms with Crippen LogP contribution < -0.4 is 5.32 Å². The van der Waals surface area contributed by atoms with Gasteiger partial charge in [0, 0.05) is 12.6 Å². The number of hydrogen-bond acceptors (Lipinski definition) is 6. The molecule has 0 saturated heterocycles. The molecule has 0 radical (unpaired) electrons. The van der Waals surface area contributed by atoms with Gasteiger partial charge in [-0.25, -0.2) is 0 Å². The Morgan fingerprint density at radius 1 is 1.28 bits per heavy atom. The van der Waals surface area contributed by atoms with Gasteiger partial charge in [-0.2, -0.15) is 4.91 Å². The van der Waals surface area contributed by atoms with Gasteiger partial charge in [0.1, 0.15) is 5.75 Å². The van der Waals surface area contributed by atoms with Gasteiger partial charge in [0.05, 0.1) is 32.3 Å². The molecule has 0 amide bonds. The third-order valence-electron chi connectivity index (χ3n) is 3.94. The Balaban J connectivity index is 2.88. The number of phenols is 1. The first-order valence-corrected chi connectivity index (χ1v) is 8.17. The lowest BCUT2D eigenvalue weighted by Gasteiger charge is -2.18. The average molecular weight is 348 g/mol. The molecule has 0 fully saturated rings. The molecule has 6 heteroatoms. The number of phenolic OH excluding ortho intramolecular Hbond substituents is 1. The molecule has 2 N–H and O–H groups in total. The van der Waals surface area contributed by atoms with Crippen LogP contribution in [0.15, 0.2) is 46.5 Å². The summed E-state index contributed by atoms with van der Waals surface area (Å²) in [4.78, 5) is 10.8. The molecule has 138 valence electrons. The van der Waals surface area contributed by atoms with Crippen molar-refractivity contribution < 1.29 is 14.6 Å². The summed E-state index contributed by atoms with van der Waals surface area (Å²) in [6.07, 6.45) is 2.47. The highest BCUT2D eigenvalue weighted by molar-refractivity contribution is 5.32. The maximum Gasteiger partial charge on any atom is 0.116 e. The summed E-state index contributed by atoms with van der Waals surface area (Å²) in [6.45, 7) is 6.33. The number of allylic oxidation sites excluding steroid dienone is 3. The minimum Gasteiger partial charge on any atom is -0.508 e. The molecule has 1 aromatic rings. The van der Waals surface area contributed by atoms with Crippen LogP contribution in [0.5, 0.6) is 5.75 Å². The first-order valence-electron chi connectivity index (χ1n) is 8.17. The minimum absolute atomic E-state index is 0.137. The van der Waals surface area contributed by atoms with Gasteiger partial charge in [0.2, 0.25) is 0 Å². The Morgan fingerprint density at radius 2 is 2.00 bits per heavy atom. The van der Waals surface area contributed by atoms with Crippen LogP contribution in [0, 0.1) is 11.8 Å². The Hall–Kier alpha value is -2.34. The Labute approximate surface area is 149 Å². The number of ether oxygens (including phenoxy) is 2. The topological polar surface area (TPSA) is 80.2 Å². The predicted octanol–water partition coefficient (Wildman–Crippen LogP) is 3.79. The van der Waals surface area contributed by atoms with Gasteiger partial charge >= 0.3 is 0 Å². The predicted molar refractivity (Wildman–Crippen MR) is 99.2 cm³/mol. The zero-order valence-electron chi connectivity index (χ0n) is 15.6. The lowest BCUT2D eigenvalue weighted by Crippen LogP contribution is -2.32. The molecular formula is C19H28N2O4. The number of nitrogens with one attached hydrogen (secondary N) is 1. The number of aryl methyl sites for hydroxylation is 1. The molecular weight excluding hydrogens is 320 g/mol. The number of rotatable bonds is 10. The quantitative estimate of drug-likeness (QED) is 0.382. The van der Waals surface area contributed by atoms with E-state index in [1.807, 2.05) is 32.9 Å². The molecule has 25 heavy (non-hydrogen) atoms. The lowest BCUT2D eigenvalue weighted by molar-refractivity contribution is 0.282. The zero-order valence-corrected chi connectivity index (χ0v) is 15.6. The van der Waals surface area contributed by atoms with E-state index < -0.39 is 0 Å². The van der Waals surface area contributed by atoms with E-state index in [1.54, 1.807) is 26.4 Å². The molecule has 0 aromatic heterocycles. The summed E-state index contributed by atoms with van der Waals surface area (Å²) in [5.74, 6) is 1.76. The van der Waals surface area contributed by atoms with Crippen LogP contribution in [0.25, 0.3) is 0 Å². The van der Waals surface area contributed by atoms with E-state index in [0.717, 1.165) is 28.2 Å². The van der Waals surface area contributed by atoms with Crippen LogP contribution in [0.4, 0.5) is 0 Å². The third-order valence-corrected chi connectivity index (χ3v) is 3.94. The highest BCUT2D eigenvalue weighted by Gasteiger charge is 2.14. The van der Waals surface area contributed by atoms with Crippen molar-refractivity contribution in [2.24, 2.45) is 5.18 Å². The van der Waals surface area contributed by atoms with Crippen molar-refractivity contribution in [1.29, 1.82) is 0 Å². The van der Waals surface area contributed by atoms with E-state index in [4.69, 9.17) is 9.47 Å². The van der Waals surface area contributed by atoms with Gasteiger partial charge in [-0.15, -0.1) is 0 Å². The van der Waals surface area contributed by atoms with Gasteiger partial charge in [-0.05, 0) is 62.1 Å². The average Bonchev–Trinajstić information content (AvgIpc) is 2.57. The van der Waals surface area contributed by atoms with E-state index in [9.17, 15) is 10.0 Å². The maximum atomic E-state index is 10.8. The Bertz CT molecular complexity index is 618. The van der Waals surface area contributed by atoms with Gasteiger partial charge in [-0.1, -0.05) is 11.2 Å². The normalized spacial score (nSPS) is 13.9. The van der Waals surface area contributed by atoms with E-state index in [1.165, 1.54) is 0 Å². The molecule has 0 aliphatic carbocycles. The molecule has 0 aliphatic rings. The third kappa shape index (κ3) is 7.39. The fraction of sp³-hybridized carbons (Fsp3) is 0.474. The van der Waals surface area contributed by atoms with Crippen molar-refractivity contribution in [2.75, 3.05) is 20.8 Å². The second-order valence-electron chi connectivity index (χ2n) is 6.02. The van der Waals surface area contributed by atoms with Crippen LogP contribution >= 0.6 is 0 Å². The van der Waals surface area contributed by atoms with Crippen molar-refractivity contribution in [3.8, 4) is 5.75 Å². The number of nitroso groups, excluding NO2 is 1. The van der Waals surface area contributed by atoms with Crippen LogP contribution in [0.3, 0.4) is 0 Å². The summed E-state index contributed by atoms with van der Waals surface area (Å²) in [5.41, 5.74) is 2.87. The summed E-state index contributed by atoms with van der Waals surface area (Å²) < 4.78 is 10.6. The number of nitrogens with zero attached hydrogens (tertiary/aromatic N) is 1. The van der Waals surface area contributed by atoms with Crippen molar-refractivity contribution in [3.63, 3.8) is 0 Å². The van der Waals surface area contributed by atoms with E-state index >= 15 is 0 Å². The van der Waals surface area contributed by atoms with Crippen molar-refractivity contribution in [2.45, 2.75) is 39.8 Å². The second-order valence-corrected chi connectivity index (χ2v) is 6.02. The molecule has 1 unspecified atom stereocenters. The molecule has 0 spiro atoms. The van der Waals surface area contributed by atoms with Gasteiger partial charge in [0.25, 0.3) is 0 Å². The summed E-state index contributed by atoms with van der Waals surface area (Å²) in [5, 5.41) is 16.1. The monoisotopic (exact) mass is 348 g/mol. The number of hydrogen-bond donors (Lipinski definition) is 2. The van der Waals surface area contributed by atoms with Crippen molar-refractivity contribution in [3.05, 3.63) is 57.4 Å². The molecule has 0 bridgehead atoms. The Morgan fingerprint density at radius 3 is 2.56 bits per heavy atom. The van der Waals surface area contributed by atoms with Crippen LogP contribution in [-0.2, 0) is 16.0 Å². The standard InChI is InChI=1S/C19H28N2O4/c1-13-6-16(9-19(22)7-13)11-20-18(12-21-23)10-17(15(3)25-5)8-14(2)24-4/h6-9,18,20,22H,10-12H2,1-5H3/b14-8+,17-15-. The number of aromatic hydroxyl groups is 1. The fourth-order valence-electron chi connectivity index (χ4n) is 2.50. The number of benzene rings is 1. The fourth-order valence-corrected chi connectivity index (χ4v) is 2.50. The summed E-state index contributed by atoms with van der Waals surface area (Å²) >= 11 is 0. The second kappa shape index (κ2) is 10.5. The molecule has 1 aromatic carbocycles. The molecule has 1 atom stereocenters. The molecule has 1 rings (SSSR count). The van der Waals surface area contributed by atoms with Crippen LogP contribution in [-0.4, -0.2) is 31.9 Å². The van der Waals surface area contributed by atoms with E-state index in [-0.39, 0.29) is 18.3 Å². The number of methoxy groups -OCH3 is 2. The molecule has 0 heterocycles. The molecule has 0 saturated carbocycles. The van der Waals surface area contributed by atoms with E-state index in [0.29, 0.717) is 13.0 Å². The highest BCUT2D eigenvalue weighted by Crippen LogP contribution is 2.18. The zero-order chi connectivity index (χ0) is 18.8. The maximum absolute atomic E-state index is 10.8. The van der Waals surface area contributed by atoms with Crippen LogP contribution in [0.2, 0.25) is 0 Å². The first-order chi connectivity index (χ1) is 11.9. The van der Waals surface area contributed by atoms with Gasteiger partial charge in [-0.3, -0.25) is 0 Å². The van der Waals surface area contributed by atoms with Crippen LogP contribution in [0.1, 0.15) is 31.4 Å². The summed E-state index contributed by atoms with van der Waals surface area (Å²) in [6, 6.07) is 5.25. The minimum atomic E-state index is -0.152.